The number of hydrazone groups is 1. The summed E-state index contributed by atoms with van der Waals surface area (Å²) in [6.45, 7) is 2.24. The monoisotopic (exact) mass is 537 g/mol. The Morgan fingerprint density at radius 1 is 1.19 bits per heavy atom. The van der Waals surface area contributed by atoms with E-state index in [1.807, 2.05) is 24.3 Å². The highest BCUT2D eigenvalue weighted by Gasteiger charge is 2.14. The summed E-state index contributed by atoms with van der Waals surface area (Å²) < 4.78 is 7.56. The van der Waals surface area contributed by atoms with Crippen molar-refractivity contribution in [2.24, 2.45) is 5.10 Å². The molecule has 0 atom stereocenters. The average Bonchev–Trinajstić information content (AvgIpc) is 3.32. The van der Waals surface area contributed by atoms with Gasteiger partial charge < -0.3 is 9.32 Å². The van der Waals surface area contributed by atoms with E-state index in [0.29, 0.717) is 5.58 Å². The second kappa shape index (κ2) is 8.02. The molecule has 27 heavy (non-hydrogen) atoms. The van der Waals surface area contributed by atoms with Crippen LogP contribution in [0.4, 0.5) is 5.69 Å². The number of hydrogen-bond acceptors (Lipinski definition) is 4. The number of carbonyl (C=O) groups is 1. The van der Waals surface area contributed by atoms with Crippen LogP contribution in [0.1, 0.15) is 29.0 Å². The molecule has 138 valence electrons. The largest absolute Gasteiger partial charge is 0.450 e. The minimum atomic E-state index is -0.372. The summed E-state index contributed by atoms with van der Waals surface area (Å²) in [6.07, 6.45) is 4.15. The maximum absolute atomic E-state index is 12.3. The van der Waals surface area contributed by atoms with Crippen LogP contribution in [-0.4, -0.2) is 25.2 Å². The molecule has 1 amide bonds. The maximum Gasteiger partial charge on any atom is 0.307 e. The lowest BCUT2D eigenvalue weighted by molar-refractivity contribution is 0.0929. The number of amides is 1. The molecule has 0 saturated carbocycles. The molecule has 0 radical (unpaired) electrons. The van der Waals surface area contributed by atoms with Crippen LogP contribution in [0.3, 0.4) is 0 Å². The molecule has 2 heterocycles. The van der Waals surface area contributed by atoms with Crippen molar-refractivity contribution in [1.29, 1.82) is 0 Å². The Hall–Kier alpha value is -1.87. The lowest BCUT2D eigenvalue weighted by Crippen LogP contribution is -2.17. The fraction of sp³-hybridized carbons (Fsp3) is 0.200. The minimum Gasteiger partial charge on any atom is -0.450 e. The predicted octanol–water partition coefficient (Wildman–Crippen LogP) is 5.16. The van der Waals surface area contributed by atoms with Gasteiger partial charge in [0.25, 0.3) is 0 Å². The lowest BCUT2D eigenvalue weighted by atomic mass is 10.2. The van der Waals surface area contributed by atoms with Gasteiger partial charge in [0.15, 0.2) is 5.76 Å². The first-order chi connectivity index (χ1) is 13.1. The number of benzene rings is 2. The van der Waals surface area contributed by atoms with Gasteiger partial charge in [0.05, 0.1) is 9.78 Å². The fourth-order valence-corrected chi connectivity index (χ4v) is 4.82. The molecule has 2 aromatic carbocycles. The highest BCUT2D eigenvalue weighted by Crippen LogP contribution is 2.28. The number of furan rings is 1. The van der Waals surface area contributed by atoms with E-state index < -0.39 is 0 Å². The van der Waals surface area contributed by atoms with Gasteiger partial charge in [0, 0.05) is 28.6 Å². The number of rotatable bonds is 4. The van der Waals surface area contributed by atoms with Gasteiger partial charge in [-0.25, -0.2) is 5.43 Å². The zero-order valence-corrected chi connectivity index (χ0v) is 18.2. The molecule has 1 N–H and O–H groups in total. The van der Waals surface area contributed by atoms with Crippen LogP contribution in [0.5, 0.6) is 0 Å². The van der Waals surface area contributed by atoms with Crippen LogP contribution in [0, 0.1) is 3.57 Å². The second-order valence-corrected chi connectivity index (χ2v) is 8.48. The molecule has 1 fully saturated rings. The van der Waals surface area contributed by atoms with Gasteiger partial charge in [-0.3, -0.25) is 4.79 Å². The van der Waals surface area contributed by atoms with Crippen molar-refractivity contribution in [3.05, 3.63) is 61.8 Å². The topological polar surface area (TPSA) is 57.8 Å². The van der Waals surface area contributed by atoms with E-state index in [9.17, 15) is 4.79 Å². The Bertz CT molecular complexity index is 1010. The van der Waals surface area contributed by atoms with Crippen molar-refractivity contribution < 1.29 is 9.21 Å². The molecule has 5 nitrogen and oxygen atoms in total. The molecule has 3 aromatic rings. The van der Waals surface area contributed by atoms with Crippen LogP contribution >= 0.6 is 38.5 Å². The molecule has 1 aromatic heterocycles. The summed E-state index contributed by atoms with van der Waals surface area (Å²) in [5, 5.41) is 4.92. The van der Waals surface area contributed by atoms with E-state index in [-0.39, 0.29) is 11.7 Å². The maximum atomic E-state index is 12.3. The third kappa shape index (κ3) is 4.19. The molecule has 1 aliphatic rings. The van der Waals surface area contributed by atoms with Gasteiger partial charge in [0.2, 0.25) is 0 Å². The molecule has 1 saturated heterocycles. The first kappa shape index (κ1) is 18.5. The van der Waals surface area contributed by atoms with Crippen LogP contribution < -0.4 is 10.3 Å². The standard InChI is InChI=1S/C20H17BrIN3O2/c21-15-9-14-10-18(27-19(14)17(22)11-15)20(26)24-23-12-13-3-5-16(6-4-13)25-7-1-2-8-25/h3-6,9-12H,1-2,7-8H2,(H,24,26)/b23-12-. The van der Waals surface area contributed by atoms with Crippen LogP contribution in [0.25, 0.3) is 11.0 Å². The van der Waals surface area contributed by atoms with Crippen LogP contribution in [-0.2, 0) is 0 Å². The Labute approximate surface area is 179 Å². The van der Waals surface area contributed by atoms with Crippen molar-refractivity contribution >= 4 is 67.3 Å². The van der Waals surface area contributed by atoms with E-state index in [1.165, 1.54) is 18.5 Å². The smallest absolute Gasteiger partial charge is 0.307 e. The van der Waals surface area contributed by atoms with Crippen molar-refractivity contribution in [2.45, 2.75) is 12.8 Å². The second-order valence-electron chi connectivity index (χ2n) is 6.40. The minimum absolute atomic E-state index is 0.238. The summed E-state index contributed by atoms with van der Waals surface area (Å²) in [5.74, 6) is -0.134. The van der Waals surface area contributed by atoms with E-state index in [2.05, 4.69) is 66.1 Å². The molecule has 4 rings (SSSR count). The highest BCUT2D eigenvalue weighted by molar-refractivity contribution is 14.1. The molecule has 1 aliphatic heterocycles. The summed E-state index contributed by atoms with van der Waals surface area (Å²) >= 11 is 5.64. The van der Waals surface area contributed by atoms with Crippen molar-refractivity contribution in [2.75, 3.05) is 18.0 Å². The van der Waals surface area contributed by atoms with E-state index in [4.69, 9.17) is 4.42 Å². The summed E-state index contributed by atoms with van der Waals surface area (Å²) in [6, 6.07) is 13.8. The highest BCUT2D eigenvalue weighted by atomic mass is 127. The van der Waals surface area contributed by atoms with Crippen LogP contribution in [0.2, 0.25) is 0 Å². The van der Waals surface area contributed by atoms with Gasteiger partial charge in [-0.1, -0.05) is 28.1 Å². The SMILES string of the molecule is O=C(N/N=C\c1ccc(N2CCCC2)cc1)c1cc2cc(Br)cc(I)c2o1. The number of halogens is 2. The fourth-order valence-electron chi connectivity index (χ4n) is 3.15. The van der Waals surface area contributed by atoms with Crippen molar-refractivity contribution in [3.8, 4) is 0 Å². The Morgan fingerprint density at radius 2 is 1.93 bits per heavy atom. The van der Waals surface area contributed by atoms with E-state index in [1.54, 1.807) is 12.3 Å². The van der Waals surface area contributed by atoms with Gasteiger partial charge in [0.1, 0.15) is 5.58 Å². The summed E-state index contributed by atoms with van der Waals surface area (Å²) in [5.41, 5.74) is 5.39. The number of carbonyl (C=O) groups excluding carboxylic acids is 1. The van der Waals surface area contributed by atoms with Gasteiger partial charge in [-0.2, -0.15) is 5.10 Å². The van der Waals surface area contributed by atoms with Crippen LogP contribution in [0.15, 0.2) is 56.5 Å². The normalized spacial score (nSPS) is 14.4. The van der Waals surface area contributed by atoms with E-state index in [0.717, 1.165) is 32.1 Å². The Balaban J connectivity index is 1.42. The number of nitrogens with zero attached hydrogens (tertiary/aromatic N) is 2. The Kier molecular flexibility index (Phi) is 5.49. The molecular formula is C20H17BrIN3O2. The third-order valence-electron chi connectivity index (χ3n) is 4.50. The lowest BCUT2D eigenvalue weighted by Gasteiger charge is -2.17. The summed E-state index contributed by atoms with van der Waals surface area (Å²) in [7, 11) is 0. The van der Waals surface area contributed by atoms with Gasteiger partial charge >= 0.3 is 5.91 Å². The van der Waals surface area contributed by atoms with E-state index >= 15 is 0 Å². The average molecular weight is 538 g/mol. The molecule has 0 unspecified atom stereocenters. The molecule has 7 heteroatoms. The molecule has 0 bridgehead atoms. The number of hydrogen-bond donors (Lipinski definition) is 1. The third-order valence-corrected chi connectivity index (χ3v) is 5.76. The predicted molar refractivity (Wildman–Crippen MR) is 120 cm³/mol. The molecule has 0 spiro atoms. The first-order valence-electron chi connectivity index (χ1n) is 8.67. The number of nitrogens with one attached hydrogen (secondary N) is 1. The number of fused-ring (bicyclic) bond motifs is 1. The Morgan fingerprint density at radius 3 is 2.67 bits per heavy atom. The van der Waals surface area contributed by atoms with Gasteiger partial charge in [-0.15, -0.1) is 0 Å². The first-order valence-corrected chi connectivity index (χ1v) is 10.5. The molecular weight excluding hydrogens is 521 g/mol. The van der Waals surface area contributed by atoms with Gasteiger partial charge in [-0.05, 0) is 71.3 Å². The zero-order valence-electron chi connectivity index (χ0n) is 14.4. The van der Waals surface area contributed by atoms with Crippen molar-refractivity contribution in [1.82, 2.24) is 5.43 Å². The molecule has 0 aliphatic carbocycles. The zero-order chi connectivity index (χ0) is 18.8. The number of anilines is 1. The quantitative estimate of drug-likeness (QED) is 0.284. The summed E-state index contributed by atoms with van der Waals surface area (Å²) in [4.78, 5) is 14.7. The van der Waals surface area contributed by atoms with Crippen molar-refractivity contribution in [3.63, 3.8) is 0 Å².